The molecule has 0 bridgehead atoms. The molecule has 68 valence electrons. The Morgan fingerprint density at radius 3 is 2.75 bits per heavy atom. The zero-order valence-electron chi connectivity index (χ0n) is 7.24. The van der Waals surface area contributed by atoms with Crippen molar-refractivity contribution in [3.63, 3.8) is 0 Å². The molecule has 12 heavy (non-hydrogen) atoms. The first-order chi connectivity index (χ1) is 5.66. The Balaban J connectivity index is 2.82. The van der Waals surface area contributed by atoms with E-state index in [2.05, 4.69) is 5.10 Å². The molecule has 5 nitrogen and oxygen atoms in total. The van der Waals surface area contributed by atoms with Crippen LogP contribution < -0.4 is 10.5 Å². The van der Waals surface area contributed by atoms with E-state index in [1.54, 1.807) is 18.7 Å². The van der Waals surface area contributed by atoms with Crippen LogP contribution >= 0.6 is 0 Å². The third kappa shape index (κ3) is 1.50. The number of nitrogens with zero attached hydrogens (tertiary/aromatic N) is 2. The molecule has 0 saturated carbocycles. The summed E-state index contributed by atoms with van der Waals surface area (Å²) in [4.78, 5) is 0. The van der Waals surface area contributed by atoms with Crippen molar-refractivity contribution in [2.45, 2.75) is 6.92 Å². The SMILES string of the molecule is Cc1nn(C)c(OCCO)c1N. The van der Waals surface area contributed by atoms with Crippen LogP contribution in [0.4, 0.5) is 5.69 Å². The number of aliphatic hydroxyl groups is 1. The van der Waals surface area contributed by atoms with Gasteiger partial charge in [-0.1, -0.05) is 0 Å². The van der Waals surface area contributed by atoms with Crippen molar-refractivity contribution in [3.05, 3.63) is 5.69 Å². The molecule has 0 radical (unpaired) electrons. The van der Waals surface area contributed by atoms with Gasteiger partial charge in [-0.2, -0.15) is 5.10 Å². The van der Waals surface area contributed by atoms with Gasteiger partial charge in [-0.25, -0.2) is 4.68 Å². The molecule has 0 amide bonds. The van der Waals surface area contributed by atoms with E-state index in [-0.39, 0.29) is 13.2 Å². The van der Waals surface area contributed by atoms with Crippen molar-refractivity contribution >= 4 is 5.69 Å². The molecular formula is C7H13N3O2. The van der Waals surface area contributed by atoms with Crippen LogP contribution in [0.5, 0.6) is 5.88 Å². The fourth-order valence-corrected chi connectivity index (χ4v) is 0.967. The molecule has 5 heteroatoms. The van der Waals surface area contributed by atoms with E-state index in [9.17, 15) is 0 Å². The largest absolute Gasteiger partial charge is 0.474 e. The summed E-state index contributed by atoms with van der Waals surface area (Å²) >= 11 is 0. The lowest BCUT2D eigenvalue weighted by Crippen LogP contribution is -2.06. The Bertz CT molecular complexity index is 270. The minimum absolute atomic E-state index is 0.0241. The number of hydrogen-bond donors (Lipinski definition) is 2. The van der Waals surface area contributed by atoms with Gasteiger partial charge in [-0.05, 0) is 6.92 Å². The highest BCUT2D eigenvalue weighted by atomic mass is 16.5. The second-order valence-electron chi connectivity index (χ2n) is 2.50. The van der Waals surface area contributed by atoms with E-state index in [4.69, 9.17) is 15.6 Å². The first kappa shape index (κ1) is 8.86. The predicted octanol–water partition coefficient (Wildman–Crippen LogP) is -0.318. The highest BCUT2D eigenvalue weighted by Crippen LogP contribution is 2.22. The highest BCUT2D eigenvalue weighted by Gasteiger charge is 2.10. The van der Waals surface area contributed by atoms with Crippen LogP contribution in [0.3, 0.4) is 0 Å². The molecule has 0 atom stereocenters. The second kappa shape index (κ2) is 3.44. The standard InChI is InChI=1S/C7H13N3O2/c1-5-6(8)7(10(2)9-5)12-4-3-11/h11H,3-4,8H2,1-2H3. The molecule has 0 fully saturated rings. The van der Waals surface area contributed by atoms with Crippen LogP contribution in [0.2, 0.25) is 0 Å². The minimum atomic E-state index is -0.0241. The number of aromatic nitrogens is 2. The summed E-state index contributed by atoms with van der Waals surface area (Å²) in [5.74, 6) is 0.515. The Morgan fingerprint density at radius 1 is 1.67 bits per heavy atom. The number of aryl methyl sites for hydroxylation is 2. The summed E-state index contributed by atoms with van der Waals surface area (Å²) in [5, 5.41) is 12.6. The van der Waals surface area contributed by atoms with Crippen LogP contribution in [0.15, 0.2) is 0 Å². The van der Waals surface area contributed by atoms with Gasteiger partial charge in [-0.3, -0.25) is 0 Å². The van der Waals surface area contributed by atoms with Crippen LogP contribution in [0, 0.1) is 6.92 Å². The van der Waals surface area contributed by atoms with E-state index in [0.717, 1.165) is 5.69 Å². The minimum Gasteiger partial charge on any atom is -0.474 e. The van der Waals surface area contributed by atoms with E-state index in [1.807, 2.05) is 0 Å². The number of hydrogen-bond acceptors (Lipinski definition) is 4. The molecule has 0 aliphatic carbocycles. The van der Waals surface area contributed by atoms with E-state index in [1.165, 1.54) is 0 Å². The fraction of sp³-hybridized carbons (Fsp3) is 0.571. The zero-order chi connectivity index (χ0) is 9.14. The molecule has 1 rings (SSSR count). The summed E-state index contributed by atoms with van der Waals surface area (Å²) in [6.07, 6.45) is 0. The van der Waals surface area contributed by atoms with Gasteiger partial charge < -0.3 is 15.6 Å². The van der Waals surface area contributed by atoms with Gasteiger partial charge in [0.15, 0.2) is 0 Å². The Kier molecular flexibility index (Phi) is 2.54. The first-order valence-corrected chi connectivity index (χ1v) is 3.69. The normalized spacial score (nSPS) is 10.2. The van der Waals surface area contributed by atoms with Crippen LogP contribution in [0.1, 0.15) is 5.69 Å². The van der Waals surface area contributed by atoms with Crippen LogP contribution in [-0.4, -0.2) is 28.1 Å². The molecule has 1 heterocycles. The second-order valence-corrected chi connectivity index (χ2v) is 2.50. The van der Waals surface area contributed by atoms with E-state index < -0.39 is 0 Å². The number of aliphatic hydroxyl groups excluding tert-OH is 1. The predicted molar refractivity (Wildman–Crippen MR) is 44.9 cm³/mol. The van der Waals surface area contributed by atoms with Gasteiger partial charge in [0.25, 0.3) is 0 Å². The molecule has 1 aromatic rings. The topological polar surface area (TPSA) is 73.3 Å². The van der Waals surface area contributed by atoms with Crippen molar-refractivity contribution in [1.82, 2.24) is 9.78 Å². The number of nitrogen functional groups attached to an aromatic ring is 1. The maximum Gasteiger partial charge on any atom is 0.235 e. The van der Waals surface area contributed by atoms with E-state index >= 15 is 0 Å². The molecular weight excluding hydrogens is 158 g/mol. The van der Waals surface area contributed by atoms with Crippen molar-refractivity contribution in [2.75, 3.05) is 18.9 Å². The average molecular weight is 171 g/mol. The summed E-state index contributed by atoms with van der Waals surface area (Å²) in [5.41, 5.74) is 6.93. The lowest BCUT2D eigenvalue weighted by Gasteiger charge is -2.04. The molecule has 0 unspecified atom stereocenters. The van der Waals surface area contributed by atoms with Crippen molar-refractivity contribution in [2.24, 2.45) is 7.05 Å². The Labute approximate surface area is 70.7 Å². The Morgan fingerprint density at radius 2 is 2.33 bits per heavy atom. The number of nitrogens with two attached hydrogens (primary N) is 1. The van der Waals surface area contributed by atoms with Crippen LogP contribution in [-0.2, 0) is 7.05 Å². The summed E-state index contributed by atoms with van der Waals surface area (Å²) in [7, 11) is 1.75. The summed E-state index contributed by atoms with van der Waals surface area (Å²) in [6.45, 7) is 2.02. The molecule has 0 aromatic carbocycles. The van der Waals surface area contributed by atoms with Gasteiger partial charge in [0, 0.05) is 7.05 Å². The number of ether oxygens (including phenoxy) is 1. The molecule has 0 aliphatic rings. The van der Waals surface area contributed by atoms with Crippen molar-refractivity contribution in [1.29, 1.82) is 0 Å². The lowest BCUT2D eigenvalue weighted by molar-refractivity contribution is 0.192. The summed E-state index contributed by atoms with van der Waals surface area (Å²) in [6, 6.07) is 0. The molecule has 0 spiro atoms. The summed E-state index contributed by atoms with van der Waals surface area (Å²) < 4.78 is 6.72. The van der Waals surface area contributed by atoms with Gasteiger partial charge >= 0.3 is 0 Å². The van der Waals surface area contributed by atoms with Gasteiger partial charge in [0.2, 0.25) is 5.88 Å². The molecule has 1 aromatic heterocycles. The van der Waals surface area contributed by atoms with Crippen LogP contribution in [0.25, 0.3) is 0 Å². The van der Waals surface area contributed by atoms with Gasteiger partial charge in [0.05, 0.1) is 12.3 Å². The van der Waals surface area contributed by atoms with Gasteiger partial charge in [0.1, 0.15) is 12.3 Å². The Hall–Kier alpha value is -1.23. The molecule has 0 saturated heterocycles. The average Bonchev–Trinajstić information content (AvgIpc) is 2.25. The molecule has 3 N–H and O–H groups in total. The quantitative estimate of drug-likeness (QED) is 0.653. The number of anilines is 1. The fourth-order valence-electron chi connectivity index (χ4n) is 0.967. The van der Waals surface area contributed by atoms with Crippen molar-refractivity contribution < 1.29 is 9.84 Å². The maximum atomic E-state index is 8.52. The smallest absolute Gasteiger partial charge is 0.235 e. The third-order valence-corrected chi connectivity index (χ3v) is 1.54. The zero-order valence-corrected chi connectivity index (χ0v) is 7.24. The molecule has 0 aliphatic heterocycles. The highest BCUT2D eigenvalue weighted by molar-refractivity contribution is 5.52. The maximum absolute atomic E-state index is 8.52. The monoisotopic (exact) mass is 171 g/mol. The third-order valence-electron chi connectivity index (χ3n) is 1.54. The first-order valence-electron chi connectivity index (χ1n) is 3.69. The van der Waals surface area contributed by atoms with E-state index in [0.29, 0.717) is 11.6 Å². The van der Waals surface area contributed by atoms with Gasteiger partial charge in [-0.15, -0.1) is 0 Å². The lowest BCUT2D eigenvalue weighted by atomic mass is 10.4. The number of rotatable bonds is 3. The van der Waals surface area contributed by atoms with Crippen molar-refractivity contribution in [3.8, 4) is 5.88 Å².